The number of rotatable bonds is 6. The van der Waals surface area contributed by atoms with Crippen LogP contribution in [0.4, 0.5) is 5.69 Å². The fourth-order valence-corrected chi connectivity index (χ4v) is 4.57. The van der Waals surface area contributed by atoms with E-state index in [1.807, 2.05) is 49.4 Å². The number of nitrogens with one attached hydrogen (secondary N) is 1. The molecule has 0 aliphatic carbocycles. The van der Waals surface area contributed by atoms with Crippen molar-refractivity contribution in [3.05, 3.63) is 88.8 Å². The summed E-state index contributed by atoms with van der Waals surface area (Å²) in [6.07, 6.45) is 1.89. The first kappa shape index (κ1) is 21.3. The van der Waals surface area contributed by atoms with Crippen LogP contribution >= 0.6 is 23.5 Å². The van der Waals surface area contributed by atoms with Gasteiger partial charge in [0.05, 0.1) is 17.2 Å². The van der Waals surface area contributed by atoms with Crippen LogP contribution in [-0.4, -0.2) is 17.7 Å². The molecular weight excluding hydrogens is 424 g/mol. The van der Waals surface area contributed by atoms with Crippen molar-refractivity contribution in [1.29, 1.82) is 0 Å². The van der Waals surface area contributed by atoms with E-state index >= 15 is 0 Å². The average molecular weight is 447 g/mol. The summed E-state index contributed by atoms with van der Waals surface area (Å²) in [6, 6.07) is 24.2. The smallest absolute Gasteiger partial charge is 0.264 e. The van der Waals surface area contributed by atoms with E-state index in [4.69, 9.17) is 4.74 Å². The Labute approximate surface area is 190 Å². The lowest BCUT2D eigenvalue weighted by Gasteiger charge is -2.03. The minimum absolute atomic E-state index is 0.132. The van der Waals surface area contributed by atoms with Gasteiger partial charge in [-0.15, -0.1) is 0 Å². The van der Waals surface area contributed by atoms with Crippen LogP contribution in [0.15, 0.2) is 92.5 Å². The van der Waals surface area contributed by atoms with Crippen molar-refractivity contribution in [3.8, 4) is 5.75 Å². The maximum Gasteiger partial charge on any atom is 0.264 e. The van der Waals surface area contributed by atoms with Gasteiger partial charge in [-0.2, -0.15) is 0 Å². The van der Waals surface area contributed by atoms with Gasteiger partial charge in [0.15, 0.2) is 5.17 Å². The lowest BCUT2D eigenvalue weighted by atomic mass is 10.2. The van der Waals surface area contributed by atoms with Crippen LogP contribution in [0, 0.1) is 6.92 Å². The summed E-state index contributed by atoms with van der Waals surface area (Å²) in [7, 11) is 0. The van der Waals surface area contributed by atoms with Gasteiger partial charge in [-0.3, -0.25) is 4.79 Å². The number of carbonyl (C=O) groups is 1. The predicted molar refractivity (Wildman–Crippen MR) is 130 cm³/mol. The molecular formula is C25H22N2O2S2. The third-order valence-electron chi connectivity index (χ3n) is 4.46. The zero-order chi connectivity index (χ0) is 21.6. The van der Waals surface area contributed by atoms with Crippen LogP contribution in [0.5, 0.6) is 5.75 Å². The maximum atomic E-state index is 12.3. The second kappa shape index (κ2) is 9.90. The molecule has 0 radical (unpaired) electrons. The molecule has 1 saturated heterocycles. The fourth-order valence-electron chi connectivity index (χ4n) is 2.91. The van der Waals surface area contributed by atoms with E-state index in [0.29, 0.717) is 16.7 Å². The second-order valence-electron chi connectivity index (χ2n) is 6.89. The van der Waals surface area contributed by atoms with Crippen molar-refractivity contribution < 1.29 is 9.53 Å². The number of hydrogen-bond donors (Lipinski definition) is 1. The highest BCUT2D eigenvalue weighted by molar-refractivity contribution is 8.18. The molecule has 4 rings (SSSR count). The molecule has 1 heterocycles. The van der Waals surface area contributed by atoms with Crippen LogP contribution in [0.2, 0.25) is 0 Å². The zero-order valence-electron chi connectivity index (χ0n) is 17.3. The van der Waals surface area contributed by atoms with E-state index < -0.39 is 0 Å². The van der Waals surface area contributed by atoms with Crippen LogP contribution in [0.1, 0.15) is 18.1 Å². The fraction of sp³-hybridized carbons (Fsp3) is 0.120. The van der Waals surface area contributed by atoms with Crippen LogP contribution in [0.3, 0.4) is 0 Å². The molecule has 0 bridgehead atoms. The Morgan fingerprint density at radius 3 is 2.26 bits per heavy atom. The lowest BCUT2D eigenvalue weighted by Crippen LogP contribution is -2.19. The summed E-state index contributed by atoms with van der Waals surface area (Å²) in [6.45, 7) is 4.66. The maximum absolute atomic E-state index is 12.3. The quantitative estimate of drug-likeness (QED) is 0.443. The number of carbonyl (C=O) groups excluding carboxylic acids is 1. The minimum Gasteiger partial charge on any atom is -0.494 e. The number of benzene rings is 3. The molecule has 0 saturated carbocycles. The van der Waals surface area contributed by atoms with Crippen molar-refractivity contribution in [2.24, 2.45) is 4.99 Å². The zero-order valence-corrected chi connectivity index (χ0v) is 18.9. The van der Waals surface area contributed by atoms with E-state index in [0.717, 1.165) is 21.9 Å². The normalized spacial score (nSPS) is 16.0. The number of thioether (sulfide) groups is 1. The Morgan fingerprint density at radius 1 is 0.968 bits per heavy atom. The van der Waals surface area contributed by atoms with Crippen molar-refractivity contribution in [3.63, 3.8) is 0 Å². The third-order valence-corrected chi connectivity index (χ3v) is 6.39. The molecule has 1 N–H and O–H groups in total. The average Bonchev–Trinajstić information content (AvgIpc) is 3.11. The van der Waals surface area contributed by atoms with Crippen LogP contribution in [-0.2, 0) is 4.79 Å². The Bertz CT molecular complexity index is 1120. The van der Waals surface area contributed by atoms with Crippen LogP contribution < -0.4 is 10.1 Å². The Hall–Kier alpha value is -2.96. The molecule has 3 aromatic rings. The van der Waals surface area contributed by atoms with Gasteiger partial charge in [-0.25, -0.2) is 4.99 Å². The first-order valence-corrected chi connectivity index (χ1v) is 11.6. The Morgan fingerprint density at radius 2 is 1.61 bits per heavy atom. The van der Waals surface area contributed by atoms with E-state index in [1.54, 1.807) is 11.8 Å². The molecule has 156 valence electrons. The number of aryl methyl sites for hydroxylation is 1. The number of aliphatic imine (C=N–C) groups is 1. The summed E-state index contributed by atoms with van der Waals surface area (Å²) in [5.74, 6) is 0.673. The molecule has 1 fully saturated rings. The molecule has 3 aromatic carbocycles. The second-order valence-corrected chi connectivity index (χ2v) is 9.07. The number of amidine groups is 1. The highest BCUT2D eigenvalue weighted by Crippen LogP contribution is 2.31. The monoisotopic (exact) mass is 446 g/mol. The molecule has 1 aliphatic rings. The number of amides is 1. The first-order valence-electron chi connectivity index (χ1n) is 9.96. The topological polar surface area (TPSA) is 50.7 Å². The van der Waals surface area contributed by atoms with Crippen molar-refractivity contribution in [2.75, 3.05) is 6.61 Å². The summed E-state index contributed by atoms with van der Waals surface area (Å²) in [5.41, 5.74) is 3.00. The largest absolute Gasteiger partial charge is 0.494 e. The van der Waals surface area contributed by atoms with E-state index in [-0.39, 0.29) is 5.91 Å². The van der Waals surface area contributed by atoms with Gasteiger partial charge in [0.25, 0.3) is 5.91 Å². The number of hydrogen-bond acceptors (Lipinski definition) is 5. The SMILES string of the molecule is CCOc1ccc(N=C2NC(=O)/C(=C/c3ccc(Sc4ccc(C)cc4)cc3)S2)cc1. The molecule has 0 spiro atoms. The minimum atomic E-state index is -0.132. The molecule has 31 heavy (non-hydrogen) atoms. The van der Waals surface area contributed by atoms with Gasteiger partial charge in [0.1, 0.15) is 5.75 Å². The van der Waals surface area contributed by atoms with Gasteiger partial charge in [0.2, 0.25) is 0 Å². The molecule has 6 heteroatoms. The number of nitrogens with zero attached hydrogens (tertiary/aromatic N) is 1. The van der Waals surface area contributed by atoms with Gasteiger partial charge in [0, 0.05) is 9.79 Å². The predicted octanol–water partition coefficient (Wildman–Crippen LogP) is 6.44. The highest BCUT2D eigenvalue weighted by Gasteiger charge is 2.23. The van der Waals surface area contributed by atoms with E-state index in [1.165, 1.54) is 22.2 Å². The number of ether oxygens (including phenoxy) is 1. The Balaban J connectivity index is 1.42. The lowest BCUT2D eigenvalue weighted by molar-refractivity contribution is -0.115. The summed E-state index contributed by atoms with van der Waals surface area (Å²) in [4.78, 5) is 19.9. The third kappa shape index (κ3) is 5.81. The standard InChI is InChI=1S/C25H22N2O2S2/c1-3-29-20-10-8-19(9-11-20)26-25-27-24(28)23(31-25)16-18-6-14-22(15-7-18)30-21-12-4-17(2)5-13-21/h4-16H,3H2,1-2H3,(H,26,27,28)/b23-16-. The summed E-state index contributed by atoms with van der Waals surface area (Å²) >= 11 is 3.07. The molecule has 0 aromatic heterocycles. The summed E-state index contributed by atoms with van der Waals surface area (Å²) < 4.78 is 5.44. The molecule has 4 nitrogen and oxygen atoms in total. The van der Waals surface area contributed by atoms with Crippen molar-refractivity contribution in [2.45, 2.75) is 23.6 Å². The van der Waals surface area contributed by atoms with E-state index in [2.05, 4.69) is 53.6 Å². The van der Waals surface area contributed by atoms with Crippen LogP contribution in [0.25, 0.3) is 6.08 Å². The molecule has 0 atom stereocenters. The van der Waals surface area contributed by atoms with Gasteiger partial charge in [-0.1, -0.05) is 41.6 Å². The molecule has 0 unspecified atom stereocenters. The van der Waals surface area contributed by atoms with Gasteiger partial charge >= 0.3 is 0 Å². The first-order chi connectivity index (χ1) is 15.1. The summed E-state index contributed by atoms with van der Waals surface area (Å²) in [5, 5.41) is 3.41. The van der Waals surface area contributed by atoms with Gasteiger partial charge < -0.3 is 10.1 Å². The van der Waals surface area contributed by atoms with E-state index in [9.17, 15) is 4.79 Å². The van der Waals surface area contributed by atoms with Crippen molar-refractivity contribution in [1.82, 2.24) is 5.32 Å². The Kier molecular flexibility index (Phi) is 6.79. The van der Waals surface area contributed by atoms with Crippen molar-refractivity contribution >= 4 is 46.4 Å². The van der Waals surface area contributed by atoms with Gasteiger partial charge in [-0.05, 0) is 85.8 Å². The molecule has 1 amide bonds. The molecule has 1 aliphatic heterocycles. The highest BCUT2D eigenvalue weighted by atomic mass is 32.2.